The Morgan fingerprint density at radius 2 is 1.97 bits per heavy atom. The van der Waals surface area contributed by atoms with E-state index in [0.717, 1.165) is 17.7 Å². The lowest BCUT2D eigenvalue weighted by molar-refractivity contribution is -0.132. The summed E-state index contributed by atoms with van der Waals surface area (Å²) >= 11 is 0. The van der Waals surface area contributed by atoms with Crippen molar-refractivity contribution in [2.24, 2.45) is 5.73 Å². The van der Waals surface area contributed by atoms with Gasteiger partial charge in [0.15, 0.2) is 5.82 Å². The highest BCUT2D eigenvalue weighted by atomic mass is 19.1. The normalized spacial score (nSPS) is 14.1. The van der Waals surface area contributed by atoms with Crippen LogP contribution in [0.1, 0.15) is 28.9 Å². The zero-order valence-electron chi connectivity index (χ0n) is 16.3. The second-order valence-electron chi connectivity index (χ2n) is 7.50. The molecule has 1 amide bonds. The van der Waals surface area contributed by atoms with E-state index in [4.69, 9.17) is 5.73 Å². The molecule has 0 fully saturated rings. The second kappa shape index (κ2) is 7.91. The zero-order chi connectivity index (χ0) is 21.4. The molecule has 2 heterocycles. The topological polar surface area (TPSA) is 77.0 Å². The van der Waals surface area contributed by atoms with E-state index in [2.05, 4.69) is 10.2 Å². The standard InChI is InChI=1S/C21H20F3N5O/c1-12-4-18(24)14(6-17(12)23)5-16(25)8-21(30)28-9-13-2-3-15(22)7-19(13)29-11-26-27-20(29)10-28/h2-4,6-7,11,16H,5,8-10,25H2,1H3. The predicted octanol–water partition coefficient (Wildman–Crippen LogP) is 2.80. The molecule has 1 aliphatic heterocycles. The third kappa shape index (κ3) is 3.93. The van der Waals surface area contributed by atoms with E-state index in [0.29, 0.717) is 11.5 Å². The molecule has 1 aromatic heterocycles. The second-order valence-corrected chi connectivity index (χ2v) is 7.50. The van der Waals surface area contributed by atoms with Crippen molar-refractivity contribution in [1.29, 1.82) is 0 Å². The molecule has 30 heavy (non-hydrogen) atoms. The molecule has 0 spiro atoms. The number of aromatic nitrogens is 3. The first kappa shape index (κ1) is 20.1. The van der Waals surface area contributed by atoms with Gasteiger partial charge in [-0.2, -0.15) is 0 Å². The molecule has 1 atom stereocenters. The maximum absolute atomic E-state index is 14.1. The third-order valence-electron chi connectivity index (χ3n) is 5.22. The summed E-state index contributed by atoms with van der Waals surface area (Å²) in [5.41, 5.74) is 7.74. The van der Waals surface area contributed by atoms with E-state index >= 15 is 0 Å². The molecule has 156 valence electrons. The number of benzene rings is 2. The van der Waals surface area contributed by atoms with Gasteiger partial charge in [0, 0.05) is 19.0 Å². The molecule has 3 aromatic rings. The monoisotopic (exact) mass is 415 g/mol. The van der Waals surface area contributed by atoms with Gasteiger partial charge in [-0.1, -0.05) is 6.07 Å². The van der Waals surface area contributed by atoms with Crippen molar-refractivity contribution in [3.8, 4) is 5.69 Å². The van der Waals surface area contributed by atoms with Crippen molar-refractivity contribution >= 4 is 5.91 Å². The number of halogens is 3. The Hall–Kier alpha value is -3.20. The van der Waals surface area contributed by atoms with Gasteiger partial charge in [-0.25, -0.2) is 13.2 Å². The van der Waals surface area contributed by atoms with Crippen molar-refractivity contribution in [1.82, 2.24) is 19.7 Å². The number of hydrogen-bond acceptors (Lipinski definition) is 4. The summed E-state index contributed by atoms with van der Waals surface area (Å²) < 4.78 is 43.2. The minimum absolute atomic E-state index is 0.0284. The van der Waals surface area contributed by atoms with E-state index in [9.17, 15) is 18.0 Å². The number of rotatable bonds is 4. The van der Waals surface area contributed by atoms with Gasteiger partial charge in [0.05, 0.1) is 12.2 Å². The van der Waals surface area contributed by atoms with Crippen LogP contribution in [0.15, 0.2) is 36.7 Å². The highest BCUT2D eigenvalue weighted by Crippen LogP contribution is 2.25. The molecule has 1 unspecified atom stereocenters. The fraction of sp³-hybridized carbons (Fsp3) is 0.286. The average Bonchev–Trinajstić information content (AvgIpc) is 3.09. The first-order valence-corrected chi connectivity index (χ1v) is 9.47. The molecular formula is C21H20F3N5O. The Morgan fingerprint density at radius 1 is 1.17 bits per heavy atom. The fourth-order valence-corrected chi connectivity index (χ4v) is 3.62. The summed E-state index contributed by atoms with van der Waals surface area (Å²) in [5.74, 6) is -1.23. The van der Waals surface area contributed by atoms with Crippen LogP contribution < -0.4 is 5.73 Å². The Kier molecular flexibility index (Phi) is 5.29. The molecule has 2 aromatic carbocycles. The predicted molar refractivity (Wildman–Crippen MR) is 103 cm³/mol. The number of carbonyl (C=O) groups excluding carboxylic acids is 1. The summed E-state index contributed by atoms with van der Waals surface area (Å²) in [6.07, 6.45) is 1.45. The molecule has 6 nitrogen and oxygen atoms in total. The van der Waals surface area contributed by atoms with E-state index in [-0.39, 0.29) is 43.0 Å². The number of carbonyl (C=O) groups is 1. The van der Waals surface area contributed by atoms with Gasteiger partial charge in [0.2, 0.25) is 5.91 Å². The molecule has 0 saturated carbocycles. The molecule has 4 rings (SSSR count). The molecule has 1 aliphatic rings. The van der Waals surface area contributed by atoms with Crippen LogP contribution in [-0.2, 0) is 24.3 Å². The lowest BCUT2D eigenvalue weighted by Gasteiger charge is -2.22. The third-order valence-corrected chi connectivity index (χ3v) is 5.22. The summed E-state index contributed by atoms with van der Waals surface area (Å²) in [7, 11) is 0. The summed E-state index contributed by atoms with van der Waals surface area (Å²) in [6, 6.07) is 5.87. The van der Waals surface area contributed by atoms with Crippen molar-refractivity contribution in [2.45, 2.75) is 38.9 Å². The molecule has 0 saturated heterocycles. The Morgan fingerprint density at radius 3 is 2.77 bits per heavy atom. The van der Waals surface area contributed by atoms with Crippen LogP contribution in [0.4, 0.5) is 13.2 Å². The van der Waals surface area contributed by atoms with E-state index < -0.39 is 23.5 Å². The van der Waals surface area contributed by atoms with Gasteiger partial charge >= 0.3 is 0 Å². The van der Waals surface area contributed by atoms with Gasteiger partial charge in [0.25, 0.3) is 0 Å². The van der Waals surface area contributed by atoms with Gasteiger partial charge in [-0.05, 0) is 54.3 Å². The lowest BCUT2D eigenvalue weighted by atomic mass is 10.0. The quantitative estimate of drug-likeness (QED) is 0.711. The summed E-state index contributed by atoms with van der Waals surface area (Å²) in [4.78, 5) is 14.5. The molecular weight excluding hydrogens is 395 g/mol. The average molecular weight is 415 g/mol. The number of hydrogen-bond donors (Lipinski definition) is 1. The van der Waals surface area contributed by atoms with Crippen molar-refractivity contribution in [3.05, 3.63) is 76.6 Å². The smallest absolute Gasteiger partial charge is 0.224 e. The first-order valence-electron chi connectivity index (χ1n) is 9.47. The van der Waals surface area contributed by atoms with Crippen LogP contribution in [0.25, 0.3) is 5.69 Å². The maximum Gasteiger partial charge on any atom is 0.224 e. The molecule has 9 heteroatoms. The number of nitrogens with two attached hydrogens (primary N) is 1. The van der Waals surface area contributed by atoms with Crippen LogP contribution in [0.5, 0.6) is 0 Å². The largest absolute Gasteiger partial charge is 0.331 e. The van der Waals surface area contributed by atoms with Crippen LogP contribution in [0.3, 0.4) is 0 Å². The number of fused-ring (bicyclic) bond motifs is 3. The highest BCUT2D eigenvalue weighted by Gasteiger charge is 2.25. The van der Waals surface area contributed by atoms with Gasteiger partial charge in [0.1, 0.15) is 23.8 Å². The SMILES string of the molecule is Cc1cc(F)c(CC(N)CC(=O)N2Cc3ccc(F)cc3-n3cnnc3C2)cc1F. The van der Waals surface area contributed by atoms with Crippen molar-refractivity contribution in [3.63, 3.8) is 0 Å². The van der Waals surface area contributed by atoms with Gasteiger partial charge in [-0.15, -0.1) is 10.2 Å². The Labute approximate surface area is 171 Å². The summed E-state index contributed by atoms with van der Waals surface area (Å²) in [6.45, 7) is 1.90. The van der Waals surface area contributed by atoms with Gasteiger partial charge in [-0.3, -0.25) is 9.36 Å². The van der Waals surface area contributed by atoms with Crippen LogP contribution in [0.2, 0.25) is 0 Å². The molecule has 0 aliphatic carbocycles. The molecule has 2 N–H and O–H groups in total. The van der Waals surface area contributed by atoms with E-state index in [1.54, 1.807) is 15.5 Å². The Balaban J connectivity index is 1.51. The fourth-order valence-electron chi connectivity index (χ4n) is 3.62. The number of amides is 1. The van der Waals surface area contributed by atoms with E-state index in [1.165, 1.54) is 25.4 Å². The number of nitrogens with zero attached hydrogens (tertiary/aromatic N) is 4. The van der Waals surface area contributed by atoms with Crippen molar-refractivity contribution < 1.29 is 18.0 Å². The highest BCUT2D eigenvalue weighted by molar-refractivity contribution is 5.77. The molecule has 0 radical (unpaired) electrons. The first-order chi connectivity index (χ1) is 14.3. The number of aryl methyl sites for hydroxylation is 1. The zero-order valence-corrected chi connectivity index (χ0v) is 16.3. The van der Waals surface area contributed by atoms with Crippen LogP contribution in [-0.4, -0.2) is 31.6 Å². The Bertz CT molecular complexity index is 1110. The minimum atomic E-state index is -0.692. The van der Waals surface area contributed by atoms with Crippen LogP contribution in [0, 0.1) is 24.4 Å². The maximum atomic E-state index is 14.1. The minimum Gasteiger partial charge on any atom is -0.331 e. The lowest BCUT2D eigenvalue weighted by Crippen LogP contribution is -2.36. The van der Waals surface area contributed by atoms with Crippen LogP contribution >= 0.6 is 0 Å². The summed E-state index contributed by atoms with van der Waals surface area (Å²) in [5, 5.41) is 7.89. The van der Waals surface area contributed by atoms with Gasteiger partial charge < -0.3 is 10.6 Å². The molecule has 0 bridgehead atoms. The van der Waals surface area contributed by atoms with Crippen molar-refractivity contribution in [2.75, 3.05) is 0 Å². The van der Waals surface area contributed by atoms with E-state index in [1.807, 2.05) is 0 Å².